The van der Waals surface area contributed by atoms with Crippen molar-refractivity contribution in [2.75, 3.05) is 13.2 Å². The second-order valence-corrected chi connectivity index (χ2v) is 6.44. The Kier molecular flexibility index (Phi) is 7.04. The number of rotatable bonds is 5. The van der Waals surface area contributed by atoms with Crippen LogP contribution in [0.25, 0.3) is 0 Å². The minimum atomic E-state index is 0. The summed E-state index contributed by atoms with van der Waals surface area (Å²) in [6.07, 6.45) is 6.69. The number of nitrogens with two attached hydrogens (primary N) is 1. The Balaban J connectivity index is 0.00000200. The van der Waals surface area contributed by atoms with Gasteiger partial charge in [0, 0.05) is 24.6 Å². The predicted molar refractivity (Wildman–Crippen MR) is 94.6 cm³/mol. The number of ether oxygens (including phenoxy) is 1. The van der Waals surface area contributed by atoms with Crippen LogP contribution in [0.5, 0.6) is 0 Å². The van der Waals surface area contributed by atoms with Crippen molar-refractivity contribution >= 4 is 29.9 Å². The van der Waals surface area contributed by atoms with Crippen LogP contribution in [0.3, 0.4) is 0 Å². The van der Waals surface area contributed by atoms with Gasteiger partial charge >= 0.3 is 0 Å². The molecule has 3 N–H and O–H groups in total. The van der Waals surface area contributed by atoms with Gasteiger partial charge in [-0.1, -0.05) is 26.7 Å². The van der Waals surface area contributed by atoms with Crippen molar-refractivity contribution in [3.05, 3.63) is 0 Å². The number of halogens is 1. The van der Waals surface area contributed by atoms with Gasteiger partial charge in [-0.15, -0.1) is 24.0 Å². The van der Waals surface area contributed by atoms with E-state index in [-0.39, 0.29) is 24.0 Å². The SMILES string of the molecule is CCOC1CC(NC(N)=NCC(C)C)C12CCCC2.I. The van der Waals surface area contributed by atoms with E-state index >= 15 is 0 Å². The first-order chi connectivity index (χ1) is 9.08. The van der Waals surface area contributed by atoms with Crippen LogP contribution in [0.2, 0.25) is 0 Å². The Bertz CT molecular complexity index is 327. The normalized spacial score (nSPS) is 28.3. The van der Waals surface area contributed by atoms with E-state index in [1.807, 2.05) is 0 Å². The summed E-state index contributed by atoms with van der Waals surface area (Å²) in [7, 11) is 0. The van der Waals surface area contributed by atoms with Crippen LogP contribution in [0.15, 0.2) is 4.99 Å². The molecule has 2 unspecified atom stereocenters. The molecule has 0 aliphatic heterocycles. The van der Waals surface area contributed by atoms with Crippen molar-refractivity contribution in [3.8, 4) is 0 Å². The Morgan fingerprint density at radius 1 is 1.40 bits per heavy atom. The average molecular weight is 395 g/mol. The van der Waals surface area contributed by atoms with Gasteiger partial charge in [0.05, 0.1) is 6.10 Å². The van der Waals surface area contributed by atoms with Crippen LogP contribution in [0.1, 0.15) is 52.9 Å². The summed E-state index contributed by atoms with van der Waals surface area (Å²) in [5.41, 5.74) is 6.33. The smallest absolute Gasteiger partial charge is 0.188 e. The number of nitrogens with one attached hydrogen (secondary N) is 1. The zero-order valence-corrected chi connectivity index (χ0v) is 15.4. The second kappa shape index (κ2) is 7.82. The molecule has 2 fully saturated rings. The van der Waals surface area contributed by atoms with E-state index in [0.29, 0.717) is 29.4 Å². The summed E-state index contributed by atoms with van der Waals surface area (Å²) in [5, 5.41) is 3.44. The average Bonchev–Trinajstić information content (AvgIpc) is 2.87. The first-order valence-corrected chi connectivity index (χ1v) is 7.76. The molecular formula is C15H30IN3O. The molecule has 0 amide bonds. The van der Waals surface area contributed by atoms with Gasteiger partial charge in [-0.2, -0.15) is 0 Å². The molecule has 5 heteroatoms. The van der Waals surface area contributed by atoms with Crippen molar-refractivity contribution in [2.45, 2.75) is 65.0 Å². The van der Waals surface area contributed by atoms with E-state index in [9.17, 15) is 0 Å². The van der Waals surface area contributed by atoms with Crippen molar-refractivity contribution in [2.24, 2.45) is 22.1 Å². The lowest BCUT2D eigenvalue weighted by Crippen LogP contribution is -2.64. The Labute approximate surface area is 140 Å². The van der Waals surface area contributed by atoms with Crippen molar-refractivity contribution < 1.29 is 4.74 Å². The molecule has 0 bridgehead atoms. The number of hydrogen-bond donors (Lipinski definition) is 2. The van der Waals surface area contributed by atoms with Crippen LogP contribution in [0, 0.1) is 11.3 Å². The standard InChI is InChI=1S/C15H29N3O.HI/c1-4-19-13-9-12(15(13)7-5-6-8-15)18-14(16)17-10-11(2)3;/h11-13H,4-10H2,1-3H3,(H3,16,17,18);1H. The number of aliphatic imine (C=N–C) groups is 1. The van der Waals surface area contributed by atoms with Gasteiger partial charge < -0.3 is 15.8 Å². The van der Waals surface area contributed by atoms with E-state index in [4.69, 9.17) is 10.5 Å². The topological polar surface area (TPSA) is 59.6 Å². The summed E-state index contributed by atoms with van der Waals surface area (Å²) in [6, 6.07) is 0.461. The van der Waals surface area contributed by atoms with E-state index in [1.54, 1.807) is 0 Å². The first-order valence-electron chi connectivity index (χ1n) is 7.76. The highest BCUT2D eigenvalue weighted by Gasteiger charge is 2.56. The second-order valence-electron chi connectivity index (χ2n) is 6.44. The molecule has 2 atom stereocenters. The summed E-state index contributed by atoms with van der Waals surface area (Å²) < 4.78 is 5.90. The fraction of sp³-hybridized carbons (Fsp3) is 0.933. The molecule has 0 aromatic rings. The van der Waals surface area contributed by atoms with E-state index < -0.39 is 0 Å². The number of hydrogen-bond acceptors (Lipinski definition) is 2. The fourth-order valence-corrected chi connectivity index (χ4v) is 3.59. The number of guanidine groups is 1. The third kappa shape index (κ3) is 3.78. The molecular weight excluding hydrogens is 365 g/mol. The molecule has 20 heavy (non-hydrogen) atoms. The molecule has 0 radical (unpaired) electrons. The zero-order chi connectivity index (χ0) is 13.9. The maximum atomic E-state index is 6.00. The van der Waals surface area contributed by atoms with Gasteiger partial charge in [0.25, 0.3) is 0 Å². The van der Waals surface area contributed by atoms with Gasteiger partial charge in [-0.05, 0) is 32.1 Å². The molecule has 2 aliphatic rings. The minimum Gasteiger partial charge on any atom is -0.378 e. The lowest BCUT2D eigenvalue weighted by Gasteiger charge is -2.54. The molecule has 2 aliphatic carbocycles. The predicted octanol–water partition coefficient (Wildman–Crippen LogP) is 2.90. The summed E-state index contributed by atoms with van der Waals surface area (Å²) in [5.74, 6) is 1.17. The quantitative estimate of drug-likeness (QED) is 0.428. The Hall–Kier alpha value is -0.0400. The third-order valence-electron chi connectivity index (χ3n) is 4.64. The largest absolute Gasteiger partial charge is 0.378 e. The Morgan fingerprint density at radius 2 is 2.05 bits per heavy atom. The minimum absolute atomic E-state index is 0. The number of nitrogens with zero attached hydrogens (tertiary/aromatic N) is 1. The van der Waals surface area contributed by atoms with Crippen LogP contribution < -0.4 is 11.1 Å². The van der Waals surface area contributed by atoms with Gasteiger partial charge in [0.2, 0.25) is 0 Å². The highest BCUT2D eigenvalue weighted by Crippen LogP contribution is 2.54. The van der Waals surface area contributed by atoms with Crippen LogP contribution in [-0.4, -0.2) is 31.3 Å². The molecule has 0 heterocycles. The van der Waals surface area contributed by atoms with Gasteiger partial charge in [-0.3, -0.25) is 4.99 Å². The molecule has 2 saturated carbocycles. The first kappa shape index (κ1) is 18.0. The van der Waals surface area contributed by atoms with Crippen LogP contribution in [0.4, 0.5) is 0 Å². The lowest BCUT2D eigenvalue weighted by molar-refractivity contribution is -0.125. The highest BCUT2D eigenvalue weighted by atomic mass is 127. The summed E-state index contributed by atoms with van der Waals surface area (Å²) in [4.78, 5) is 4.41. The summed E-state index contributed by atoms with van der Waals surface area (Å²) >= 11 is 0. The molecule has 1 spiro atoms. The van der Waals surface area contributed by atoms with Crippen molar-refractivity contribution in [3.63, 3.8) is 0 Å². The summed E-state index contributed by atoms with van der Waals surface area (Å²) in [6.45, 7) is 8.01. The molecule has 118 valence electrons. The van der Waals surface area contributed by atoms with Crippen molar-refractivity contribution in [1.29, 1.82) is 0 Å². The molecule has 4 nitrogen and oxygen atoms in total. The molecule has 2 rings (SSSR count). The van der Waals surface area contributed by atoms with Gasteiger partial charge in [0.15, 0.2) is 5.96 Å². The molecule has 0 aromatic carbocycles. The zero-order valence-electron chi connectivity index (χ0n) is 13.0. The third-order valence-corrected chi connectivity index (χ3v) is 4.64. The Morgan fingerprint density at radius 3 is 2.60 bits per heavy atom. The van der Waals surface area contributed by atoms with Gasteiger partial charge in [0.1, 0.15) is 0 Å². The maximum Gasteiger partial charge on any atom is 0.188 e. The van der Waals surface area contributed by atoms with E-state index in [0.717, 1.165) is 19.6 Å². The monoisotopic (exact) mass is 395 g/mol. The van der Waals surface area contributed by atoms with Crippen molar-refractivity contribution in [1.82, 2.24) is 5.32 Å². The van der Waals surface area contributed by atoms with E-state index in [2.05, 4.69) is 31.1 Å². The molecule has 0 aromatic heterocycles. The highest BCUT2D eigenvalue weighted by molar-refractivity contribution is 14.0. The molecule has 0 saturated heterocycles. The maximum absolute atomic E-state index is 6.00. The van der Waals surface area contributed by atoms with Crippen LogP contribution >= 0.6 is 24.0 Å². The lowest BCUT2D eigenvalue weighted by atomic mass is 9.60. The fourth-order valence-electron chi connectivity index (χ4n) is 3.59. The van der Waals surface area contributed by atoms with E-state index in [1.165, 1.54) is 25.7 Å². The van der Waals surface area contributed by atoms with Gasteiger partial charge in [-0.25, -0.2) is 0 Å². The van der Waals surface area contributed by atoms with Crippen LogP contribution in [-0.2, 0) is 4.74 Å².